The smallest absolute Gasteiger partial charge is 0.125 e. The first-order valence-electron chi connectivity index (χ1n) is 6.90. The maximum Gasteiger partial charge on any atom is 0.125 e. The molecule has 1 saturated carbocycles. The van der Waals surface area contributed by atoms with E-state index in [4.69, 9.17) is 21.1 Å². The summed E-state index contributed by atoms with van der Waals surface area (Å²) in [6.45, 7) is 0. The molecule has 1 fully saturated rings. The van der Waals surface area contributed by atoms with E-state index >= 15 is 0 Å². The van der Waals surface area contributed by atoms with Gasteiger partial charge in [-0.25, -0.2) is 4.98 Å². The van der Waals surface area contributed by atoms with E-state index in [1.54, 1.807) is 14.2 Å². The Hall–Kier alpha value is -1.26. The van der Waals surface area contributed by atoms with Crippen molar-refractivity contribution in [1.82, 2.24) is 9.55 Å². The molecule has 5 heteroatoms. The standard InChI is InChI=1S/C15H19ClN2O2/c1-19-11-4-3-10(7-11)18-14-6-5-12(20-2)8-13(14)17-15(18)9-16/h5-6,8,10-11H,3-4,7,9H2,1-2H3. The van der Waals surface area contributed by atoms with E-state index in [2.05, 4.69) is 15.6 Å². The highest BCUT2D eigenvalue weighted by atomic mass is 35.5. The summed E-state index contributed by atoms with van der Waals surface area (Å²) < 4.78 is 13.0. The lowest BCUT2D eigenvalue weighted by molar-refractivity contribution is 0.106. The first-order chi connectivity index (χ1) is 9.76. The molecule has 1 aliphatic rings. The van der Waals surface area contributed by atoms with Crippen LogP contribution in [0.1, 0.15) is 31.1 Å². The SMILES string of the molecule is COc1ccc2c(c1)nc(CCl)n2C1CCC(OC)C1. The molecule has 2 aromatic rings. The molecular formula is C15H19ClN2O2. The molecule has 0 amide bonds. The van der Waals surface area contributed by atoms with Crippen LogP contribution >= 0.6 is 11.6 Å². The van der Waals surface area contributed by atoms with Crippen LogP contribution in [0.3, 0.4) is 0 Å². The molecule has 1 aromatic carbocycles. The summed E-state index contributed by atoms with van der Waals surface area (Å²) in [5, 5.41) is 0. The fourth-order valence-corrected chi connectivity index (χ4v) is 3.31. The average molecular weight is 295 g/mol. The molecule has 4 nitrogen and oxygen atoms in total. The number of imidazole rings is 1. The van der Waals surface area contributed by atoms with Crippen LogP contribution in [0.25, 0.3) is 11.0 Å². The second-order valence-electron chi connectivity index (χ2n) is 5.21. The molecular weight excluding hydrogens is 276 g/mol. The Kier molecular flexibility index (Phi) is 3.85. The Bertz CT molecular complexity index is 611. The molecule has 2 unspecified atom stereocenters. The summed E-state index contributed by atoms with van der Waals surface area (Å²) in [7, 11) is 3.45. The summed E-state index contributed by atoms with van der Waals surface area (Å²) in [6, 6.07) is 6.43. The minimum absolute atomic E-state index is 0.346. The summed E-state index contributed by atoms with van der Waals surface area (Å²) in [5.41, 5.74) is 2.07. The van der Waals surface area contributed by atoms with Crippen LogP contribution in [0.2, 0.25) is 0 Å². The van der Waals surface area contributed by atoms with Gasteiger partial charge < -0.3 is 14.0 Å². The summed E-state index contributed by atoms with van der Waals surface area (Å²) in [6.07, 6.45) is 3.58. The summed E-state index contributed by atoms with van der Waals surface area (Å²) >= 11 is 6.08. The second-order valence-corrected chi connectivity index (χ2v) is 5.48. The van der Waals surface area contributed by atoms with Crippen molar-refractivity contribution in [2.75, 3.05) is 14.2 Å². The number of ether oxygens (including phenoxy) is 2. The van der Waals surface area contributed by atoms with Gasteiger partial charge in [0.15, 0.2) is 0 Å². The summed E-state index contributed by atoms with van der Waals surface area (Å²) in [4.78, 5) is 4.65. The van der Waals surface area contributed by atoms with Crippen LogP contribution in [-0.2, 0) is 10.6 Å². The Labute approximate surface area is 123 Å². The molecule has 1 aromatic heterocycles. The number of hydrogen-bond donors (Lipinski definition) is 0. The topological polar surface area (TPSA) is 36.3 Å². The lowest BCUT2D eigenvalue weighted by Gasteiger charge is -2.16. The predicted molar refractivity (Wildman–Crippen MR) is 79.5 cm³/mol. The van der Waals surface area contributed by atoms with Gasteiger partial charge in [0, 0.05) is 19.2 Å². The Balaban J connectivity index is 2.04. The third-order valence-electron chi connectivity index (χ3n) is 4.14. The van der Waals surface area contributed by atoms with Gasteiger partial charge in [0.05, 0.1) is 30.1 Å². The molecule has 1 heterocycles. The van der Waals surface area contributed by atoms with E-state index in [0.717, 1.165) is 41.9 Å². The van der Waals surface area contributed by atoms with Crippen molar-refractivity contribution in [2.45, 2.75) is 37.3 Å². The average Bonchev–Trinajstić information content (AvgIpc) is 3.09. The third-order valence-corrected chi connectivity index (χ3v) is 4.38. The van der Waals surface area contributed by atoms with Gasteiger partial charge in [0.2, 0.25) is 0 Å². The zero-order valence-corrected chi connectivity index (χ0v) is 12.6. The van der Waals surface area contributed by atoms with Gasteiger partial charge in [0.1, 0.15) is 11.6 Å². The summed E-state index contributed by atoms with van der Waals surface area (Å²) in [5.74, 6) is 2.17. The molecule has 0 aliphatic heterocycles. The van der Waals surface area contributed by atoms with Crippen LogP contribution in [-0.4, -0.2) is 29.9 Å². The number of nitrogens with zero attached hydrogens (tertiary/aromatic N) is 2. The van der Waals surface area contributed by atoms with Gasteiger partial charge in [0.25, 0.3) is 0 Å². The van der Waals surface area contributed by atoms with E-state index < -0.39 is 0 Å². The van der Waals surface area contributed by atoms with Crippen molar-refractivity contribution in [3.8, 4) is 5.75 Å². The van der Waals surface area contributed by atoms with Crippen LogP contribution in [0.5, 0.6) is 5.75 Å². The van der Waals surface area contributed by atoms with E-state index in [-0.39, 0.29) is 0 Å². The zero-order chi connectivity index (χ0) is 14.1. The van der Waals surface area contributed by atoms with Crippen LogP contribution in [0.4, 0.5) is 0 Å². The van der Waals surface area contributed by atoms with Gasteiger partial charge in [-0.3, -0.25) is 0 Å². The van der Waals surface area contributed by atoms with Crippen LogP contribution in [0, 0.1) is 0 Å². The van der Waals surface area contributed by atoms with Crippen LogP contribution in [0.15, 0.2) is 18.2 Å². The van der Waals surface area contributed by atoms with Crippen molar-refractivity contribution in [2.24, 2.45) is 0 Å². The fourth-order valence-electron chi connectivity index (χ4n) is 3.12. The minimum atomic E-state index is 0.346. The normalized spacial score (nSPS) is 22.6. The van der Waals surface area contributed by atoms with Gasteiger partial charge in [-0.05, 0) is 31.4 Å². The highest BCUT2D eigenvalue weighted by molar-refractivity contribution is 6.16. The van der Waals surface area contributed by atoms with Crippen molar-refractivity contribution >= 4 is 22.6 Å². The second kappa shape index (κ2) is 5.62. The van der Waals surface area contributed by atoms with Crippen molar-refractivity contribution in [3.63, 3.8) is 0 Å². The molecule has 1 aliphatic carbocycles. The highest BCUT2D eigenvalue weighted by Gasteiger charge is 2.28. The Morgan fingerprint density at radius 3 is 2.85 bits per heavy atom. The van der Waals surface area contributed by atoms with Gasteiger partial charge in [-0.15, -0.1) is 11.6 Å². The Morgan fingerprint density at radius 1 is 1.35 bits per heavy atom. The number of hydrogen-bond acceptors (Lipinski definition) is 3. The zero-order valence-electron chi connectivity index (χ0n) is 11.8. The monoisotopic (exact) mass is 294 g/mol. The molecule has 0 N–H and O–H groups in total. The highest BCUT2D eigenvalue weighted by Crippen LogP contribution is 2.36. The van der Waals surface area contributed by atoms with Crippen molar-refractivity contribution in [1.29, 1.82) is 0 Å². The van der Waals surface area contributed by atoms with Gasteiger partial charge in [-0.2, -0.15) is 0 Å². The number of alkyl halides is 1. The number of fused-ring (bicyclic) bond motifs is 1. The maximum absolute atomic E-state index is 6.08. The molecule has 0 bridgehead atoms. The molecule has 20 heavy (non-hydrogen) atoms. The molecule has 0 saturated heterocycles. The third kappa shape index (κ3) is 2.27. The van der Waals surface area contributed by atoms with Crippen molar-refractivity contribution in [3.05, 3.63) is 24.0 Å². The number of halogens is 1. The largest absolute Gasteiger partial charge is 0.497 e. The number of methoxy groups -OCH3 is 2. The first-order valence-corrected chi connectivity index (χ1v) is 7.44. The van der Waals surface area contributed by atoms with Gasteiger partial charge >= 0.3 is 0 Å². The lowest BCUT2D eigenvalue weighted by atomic mass is 10.2. The molecule has 2 atom stereocenters. The minimum Gasteiger partial charge on any atom is -0.497 e. The molecule has 3 rings (SSSR count). The first kappa shape index (κ1) is 13.7. The number of benzene rings is 1. The fraction of sp³-hybridized carbons (Fsp3) is 0.533. The molecule has 0 spiro atoms. The number of aromatic nitrogens is 2. The van der Waals surface area contributed by atoms with E-state index in [0.29, 0.717) is 18.0 Å². The Morgan fingerprint density at radius 2 is 2.20 bits per heavy atom. The molecule has 0 radical (unpaired) electrons. The quantitative estimate of drug-likeness (QED) is 0.810. The number of rotatable bonds is 4. The lowest BCUT2D eigenvalue weighted by Crippen LogP contribution is -2.11. The van der Waals surface area contributed by atoms with Crippen molar-refractivity contribution < 1.29 is 9.47 Å². The van der Waals surface area contributed by atoms with Gasteiger partial charge in [-0.1, -0.05) is 0 Å². The van der Waals surface area contributed by atoms with E-state index in [9.17, 15) is 0 Å². The van der Waals surface area contributed by atoms with E-state index in [1.807, 2.05) is 12.1 Å². The van der Waals surface area contributed by atoms with Crippen LogP contribution < -0.4 is 4.74 Å². The maximum atomic E-state index is 6.08. The molecule has 108 valence electrons. The van der Waals surface area contributed by atoms with E-state index in [1.165, 1.54) is 0 Å². The predicted octanol–water partition coefficient (Wildman–Crippen LogP) is 3.52.